The van der Waals surface area contributed by atoms with Crippen molar-refractivity contribution in [1.29, 1.82) is 0 Å². The van der Waals surface area contributed by atoms with E-state index in [0.717, 1.165) is 36.9 Å². The molecule has 35 heavy (non-hydrogen) atoms. The van der Waals surface area contributed by atoms with Crippen molar-refractivity contribution in [2.24, 2.45) is 11.1 Å². The van der Waals surface area contributed by atoms with Gasteiger partial charge < -0.3 is 21.5 Å². The number of hydrogen-bond donors (Lipinski definition) is 3. The van der Waals surface area contributed by atoms with E-state index in [1.807, 2.05) is 35.4 Å². The number of nitrogens with two attached hydrogens (primary N) is 2. The second kappa shape index (κ2) is 9.04. The zero-order valence-electron chi connectivity index (χ0n) is 19.5. The number of amides is 1. The number of aliphatic hydroxyl groups excluding tert-OH is 1. The molecule has 5 rings (SSSR count). The summed E-state index contributed by atoms with van der Waals surface area (Å²) in [6.45, 7) is 3.64. The lowest BCUT2D eigenvalue weighted by Gasteiger charge is -2.45. The molecule has 10 heteroatoms. The minimum Gasteiger partial charge on any atom is -0.384 e. The molecule has 2 aliphatic rings. The third kappa shape index (κ3) is 4.41. The quantitative estimate of drug-likeness (QED) is 0.370. The number of carbonyl (C=O) groups is 1. The molecule has 5 N–H and O–H groups in total. The molecule has 9 nitrogen and oxygen atoms in total. The summed E-state index contributed by atoms with van der Waals surface area (Å²) in [4.78, 5) is 14.0. The Kier molecular flexibility index (Phi) is 6.05. The van der Waals surface area contributed by atoms with Crippen LogP contribution < -0.4 is 11.5 Å². The van der Waals surface area contributed by atoms with Crippen LogP contribution in [0.3, 0.4) is 0 Å². The summed E-state index contributed by atoms with van der Waals surface area (Å²) in [7, 11) is 0. The van der Waals surface area contributed by atoms with Gasteiger partial charge in [-0.25, -0.2) is 4.68 Å². The Morgan fingerprint density at radius 2 is 2.20 bits per heavy atom. The minimum absolute atomic E-state index is 0.0671. The Morgan fingerprint density at radius 3 is 2.91 bits per heavy atom. The number of rotatable bonds is 5. The molecule has 1 unspecified atom stereocenters. The van der Waals surface area contributed by atoms with Crippen LogP contribution in [0.2, 0.25) is 5.02 Å². The molecule has 1 saturated heterocycles. The van der Waals surface area contributed by atoms with Crippen LogP contribution in [-0.4, -0.2) is 48.6 Å². The average molecular weight is 494 g/mol. The predicted molar refractivity (Wildman–Crippen MR) is 133 cm³/mol. The molecule has 0 bridgehead atoms. The molecule has 182 valence electrons. The van der Waals surface area contributed by atoms with Gasteiger partial charge in [-0.05, 0) is 55.2 Å². The van der Waals surface area contributed by atoms with Crippen molar-refractivity contribution in [3.8, 4) is 23.1 Å². The molecule has 3 aromatic rings. The first kappa shape index (κ1) is 23.4. The molecule has 0 radical (unpaired) electrons. The van der Waals surface area contributed by atoms with E-state index in [1.54, 1.807) is 22.5 Å². The first-order valence-electron chi connectivity index (χ1n) is 11.6. The van der Waals surface area contributed by atoms with Crippen LogP contribution in [0.15, 0.2) is 36.7 Å². The first-order chi connectivity index (χ1) is 16.8. The monoisotopic (exact) mass is 493 g/mol. The summed E-state index contributed by atoms with van der Waals surface area (Å²) in [6.07, 6.45) is 4.94. The number of aliphatic hydroxyl groups is 1. The lowest BCUT2D eigenvalue weighted by molar-refractivity contribution is -0.125. The lowest BCUT2D eigenvalue weighted by atomic mass is 9.65. The van der Waals surface area contributed by atoms with E-state index < -0.39 is 6.23 Å². The van der Waals surface area contributed by atoms with Crippen molar-refractivity contribution >= 4 is 23.3 Å². The van der Waals surface area contributed by atoms with E-state index in [0.29, 0.717) is 35.2 Å². The number of halogens is 1. The Hall–Kier alpha value is -3.32. The van der Waals surface area contributed by atoms with Crippen molar-refractivity contribution in [3.05, 3.63) is 52.8 Å². The number of nitrogen functional groups attached to an aromatic ring is 1. The highest BCUT2D eigenvalue weighted by Gasteiger charge is 2.51. The van der Waals surface area contributed by atoms with Gasteiger partial charge in [-0.1, -0.05) is 29.7 Å². The number of likely N-dealkylation sites (tertiary alicyclic amines) is 1. The fourth-order valence-electron chi connectivity index (χ4n) is 5.38. The second-order valence-electron chi connectivity index (χ2n) is 9.51. The highest BCUT2D eigenvalue weighted by Crippen LogP contribution is 2.55. The summed E-state index contributed by atoms with van der Waals surface area (Å²) in [5.74, 6) is 5.56. The maximum atomic E-state index is 12.2. The van der Waals surface area contributed by atoms with Crippen LogP contribution in [-0.2, 0) is 11.3 Å². The van der Waals surface area contributed by atoms with E-state index in [-0.39, 0.29) is 17.4 Å². The zero-order valence-corrected chi connectivity index (χ0v) is 20.2. The van der Waals surface area contributed by atoms with Crippen molar-refractivity contribution < 1.29 is 9.90 Å². The van der Waals surface area contributed by atoms with Gasteiger partial charge in [-0.2, -0.15) is 10.2 Å². The van der Waals surface area contributed by atoms with Crippen LogP contribution in [0.25, 0.3) is 11.3 Å². The minimum atomic E-state index is -1.27. The van der Waals surface area contributed by atoms with Crippen LogP contribution in [0.5, 0.6) is 0 Å². The smallest absolute Gasteiger partial charge is 0.298 e. The van der Waals surface area contributed by atoms with Crippen LogP contribution in [0.1, 0.15) is 49.6 Å². The Bertz CT molecular complexity index is 1330. The Balaban J connectivity index is 1.35. The van der Waals surface area contributed by atoms with Gasteiger partial charge in [0.2, 0.25) is 0 Å². The highest BCUT2D eigenvalue weighted by atomic mass is 35.5. The van der Waals surface area contributed by atoms with Gasteiger partial charge in [0.1, 0.15) is 17.7 Å². The van der Waals surface area contributed by atoms with Gasteiger partial charge in [0, 0.05) is 29.9 Å². The van der Waals surface area contributed by atoms with Gasteiger partial charge >= 0.3 is 0 Å². The molecule has 2 fully saturated rings. The summed E-state index contributed by atoms with van der Waals surface area (Å²) < 4.78 is 3.56. The van der Waals surface area contributed by atoms with Crippen molar-refractivity contribution in [1.82, 2.24) is 24.5 Å². The van der Waals surface area contributed by atoms with E-state index in [9.17, 15) is 9.90 Å². The standard InChI is InChI=1S/C25H28ClN7O2/c1-2-4-20(34)31-8-7-25(15-31)10-19(11-25)33-23(27)21(24(28)35)22(30-33)17-12-29-32(14-17)13-16-5-3-6-18(26)9-16/h3,5-6,9,12,14,19,24,35H,7-8,10-11,13,15,27-28H2,1H3. The third-order valence-corrected chi connectivity index (χ3v) is 7.30. The number of aromatic nitrogens is 4. The molecule has 1 saturated carbocycles. The maximum Gasteiger partial charge on any atom is 0.298 e. The van der Waals surface area contributed by atoms with Gasteiger partial charge in [0.15, 0.2) is 0 Å². The van der Waals surface area contributed by atoms with E-state index in [4.69, 9.17) is 28.2 Å². The summed E-state index contributed by atoms with van der Waals surface area (Å²) >= 11 is 6.10. The summed E-state index contributed by atoms with van der Waals surface area (Å²) in [6, 6.07) is 7.68. The molecule has 1 aliphatic carbocycles. The third-order valence-electron chi connectivity index (χ3n) is 7.06. The number of carbonyl (C=O) groups excluding carboxylic acids is 1. The maximum absolute atomic E-state index is 12.2. The molecule has 1 aromatic carbocycles. The second-order valence-corrected chi connectivity index (χ2v) is 9.94. The number of benzene rings is 1. The number of nitrogens with zero attached hydrogens (tertiary/aromatic N) is 5. The van der Waals surface area contributed by atoms with Gasteiger partial charge in [-0.3, -0.25) is 9.48 Å². The lowest BCUT2D eigenvalue weighted by Crippen LogP contribution is -2.42. The fraction of sp³-hybridized carbons (Fsp3) is 0.400. The SMILES string of the molecule is CC#CC(=O)N1CCC2(CC(n3nc(-c4cnn(Cc5cccc(Cl)c5)c4)c(C(N)O)c3N)C2)C1. The van der Waals surface area contributed by atoms with Crippen LogP contribution in [0, 0.1) is 17.3 Å². The molecule has 1 aliphatic heterocycles. The molecular weight excluding hydrogens is 466 g/mol. The largest absolute Gasteiger partial charge is 0.384 e. The van der Waals surface area contributed by atoms with Crippen molar-refractivity contribution in [3.63, 3.8) is 0 Å². The van der Waals surface area contributed by atoms with E-state index >= 15 is 0 Å². The predicted octanol–water partition coefficient (Wildman–Crippen LogP) is 2.56. The molecular formula is C25H28ClN7O2. The molecule has 1 spiro atoms. The van der Waals surface area contributed by atoms with E-state index in [2.05, 4.69) is 16.9 Å². The van der Waals surface area contributed by atoms with Crippen molar-refractivity contribution in [2.75, 3.05) is 18.8 Å². The molecule has 3 heterocycles. The van der Waals surface area contributed by atoms with Crippen LogP contribution >= 0.6 is 11.6 Å². The van der Waals surface area contributed by atoms with Gasteiger partial charge in [0.05, 0.1) is 24.3 Å². The van der Waals surface area contributed by atoms with Crippen LogP contribution in [0.4, 0.5) is 5.82 Å². The highest BCUT2D eigenvalue weighted by molar-refractivity contribution is 6.30. The normalized spacial score (nSPS) is 22.1. The van der Waals surface area contributed by atoms with E-state index in [1.165, 1.54) is 0 Å². The molecule has 1 amide bonds. The van der Waals surface area contributed by atoms with Gasteiger partial charge in [-0.15, -0.1) is 0 Å². The summed E-state index contributed by atoms with van der Waals surface area (Å²) in [5.41, 5.74) is 15.1. The number of hydrogen-bond acceptors (Lipinski definition) is 6. The Morgan fingerprint density at radius 1 is 1.40 bits per heavy atom. The topological polar surface area (TPSA) is 128 Å². The Labute approximate surface area is 208 Å². The average Bonchev–Trinajstić information content (AvgIpc) is 3.50. The summed E-state index contributed by atoms with van der Waals surface area (Å²) in [5, 5.41) is 20.2. The molecule has 2 aromatic heterocycles. The molecule has 1 atom stereocenters. The van der Waals surface area contributed by atoms with Crippen molar-refractivity contribution in [2.45, 2.75) is 45.0 Å². The zero-order chi connectivity index (χ0) is 24.7. The first-order valence-corrected chi connectivity index (χ1v) is 12.0. The fourth-order valence-corrected chi connectivity index (χ4v) is 5.59. The van der Waals surface area contributed by atoms with Gasteiger partial charge in [0.25, 0.3) is 5.91 Å². The number of anilines is 1.